The Kier molecular flexibility index (Phi) is 8.75. The molecule has 1 aliphatic rings. The molecule has 2 heterocycles. The highest BCUT2D eigenvalue weighted by Crippen LogP contribution is 2.31. The minimum absolute atomic E-state index is 0.246. The van der Waals surface area contributed by atoms with Crippen LogP contribution in [0.1, 0.15) is 17.0 Å². The summed E-state index contributed by atoms with van der Waals surface area (Å²) in [5.74, 6) is 0.136. The fourth-order valence-electron chi connectivity index (χ4n) is 4.81. The number of anilines is 1. The van der Waals surface area contributed by atoms with Crippen LogP contribution < -0.4 is 9.03 Å². The van der Waals surface area contributed by atoms with Crippen molar-refractivity contribution in [3.05, 3.63) is 124 Å². The number of nitrogens with zero attached hydrogens (tertiary/aromatic N) is 3. The van der Waals surface area contributed by atoms with Crippen LogP contribution in [0.25, 0.3) is 34.5 Å². The summed E-state index contributed by atoms with van der Waals surface area (Å²) in [5.41, 5.74) is 5.95. The molecule has 7 nitrogen and oxygen atoms in total. The van der Waals surface area contributed by atoms with E-state index in [0.717, 1.165) is 37.0 Å². The third-order valence-corrected chi connectivity index (χ3v) is 9.96. The zero-order valence-electron chi connectivity index (χ0n) is 22.8. The third kappa shape index (κ3) is 6.67. The van der Waals surface area contributed by atoms with E-state index in [4.69, 9.17) is 38.9 Å². The van der Waals surface area contributed by atoms with Crippen molar-refractivity contribution in [1.82, 2.24) is 14.3 Å². The van der Waals surface area contributed by atoms with E-state index >= 15 is 0 Å². The molecule has 1 N–H and O–H groups in total. The summed E-state index contributed by atoms with van der Waals surface area (Å²) in [4.78, 5) is 17.5. The van der Waals surface area contributed by atoms with Gasteiger partial charge in [0.15, 0.2) is 0 Å². The van der Waals surface area contributed by atoms with Crippen LogP contribution in [0.5, 0.6) is 0 Å². The second-order valence-electron chi connectivity index (χ2n) is 10.00. The molecule has 5 aromatic rings. The molecule has 0 radical (unpaired) electrons. The summed E-state index contributed by atoms with van der Waals surface area (Å²) in [6, 6.07) is 28.6. The normalized spacial score (nSPS) is 14.3. The molecular formula is C32H23Cl3N4O3S2. The van der Waals surface area contributed by atoms with Crippen LogP contribution in [0.4, 0.5) is 5.69 Å². The molecule has 44 heavy (non-hydrogen) atoms. The van der Waals surface area contributed by atoms with Gasteiger partial charge in [0.25, 0.3) is 5.91 Å². The third-order valence-electron chi connectivity index (χ3n) is 7.02. The van der Waals surface area contributed by atoms with Gasteiger partial charge in [-0.3, -0.25) is 4.79 Å². The highest BCUT2D eigenvalue weighted by Gasteiger charge is 2.33. The Bertz CT molecular complexity index is 1980. The van der Waals surface area contributed by atoms with Gasteiger partial charge in [-0.25, -0.2) is 14.0 Å². The van der Waals surface area contributed by atoms with Crippen molar-refractivity contribution in [2.45, 2.75) is 11.4 Å². The number of hydrogen-bond donors (Lipinski definition) is 1. The summed E-state index contributed by atoms with van der Waals surface area (Å²) in [6.45, 7) is 0.210. The van der Waals surface area contributed by atoms with E-state index in [1.54, 1.807) is 24.3 Å². The van der Waals surface area contributed by atoms with Crippen LogP contribution in [-0.2, 0) is 21.5 Å². The zero-order chi connectivity index (χ0) is 30.8. The largest absolute Gasteiger partial charge is 0.326 e. The molecule has 0 atom stereocenters. The topological polar surface area (TPSA) is 84.3 Å². The number of carbonyl (C=O) groups excluding carboxylic acids is 1. The first-order valence-corrected chi connectivity index (χ1v) is 17.1. The van der Waals surface area contributed by atoms with E-state index in [9.17, 15) is 13.2 Å². The van der Waals surface area contributed by atoms with E-state index in [-0.39, 0.29) is 6.54 Å². The monoisotopic (exact) mass is 680 g/mol. The zero-order valence-corrected chi connectivity index (χ0v) is 26.7. The van der Waals surface area contributed by atoms with Crippen LogP contribution in [0.3, 0.4) is 0 Å². The molecule has 222 valence electrons. The SMILES string of the molecule is O=C1CN(c2ccc(Cn3cc(-c4ccc(Cl)cc4Cl)nc3/C=C/c3ccc(-c4ccc(SCl)cc4)cc3)cc2)S(=O)(=O)N1. The van der Waals surface area contributed by atoms with Crippen LogP contribution in [0.15, 0.2) is 102 Å². The second kappa shape index (κ2) is 12.7. The minimum atomic E-state index is -3.88. The molecule has 1 aromatic heterocycles. The van der Waals surface area contributed by atoms with Crippen molar-refractivity contribution in [2.75, 3.05) is 10.8 Å². The predicted molar refractivity (Wildman–Crippen MR) is 180 cm³/mol. The molecule has 0 aliphatic carbocycles. The maximum atomic E-state index is 12.2. The number of imidazole rings is 1. The lowest BCUT2D eigenvalue weighted by molar-refractivity contribution is -0.117. The Morgan fingerprint density at radius 3 is 2.18 bits per heavy atom. The lowest BCUT2D eigenvalue weighted by atomic mass is 10.0. The number of nitrogens with one attached hydrogen (secondary N) is 1. The van der Waals surface area contributed by atoms with E-state index in [1.807, 2.05) is 82.2 Å². The van der Waals surface area contributed by atoms with E-state index in [0.29, 0.717) is 33.8 Å². The van der Waals surface area contributed by atoms with Gasteiger partial charge < -0.3 is 4.57 Å². The number of carbonyl (C=O) groups is 1. The first-order chi connectivity index (χ1) is 21.2. The van der Waals surface area contributed by atoms with Crippen molar-refractivity contribution >= 4 is 78.8 Å². The number of benzene rings is 4. The Morgan fingerprint density at radius 1 is 0.886 bits per heavy atom. The van der Waals surface area contributed by atoms with Crippen molar-refractivity contribution in [1.29, 1.82) is 0 Å². The molecule has 4 aromatic carbocycles. The van der Waals surface area contributed by atoms with Gasteiger partial charge >= 0.3 is 10.2 Å². The van der Waals surface area contributed by atoms with Gasteiger partial charge in [0.05, 0.1) is 16.4 Å². The van der Waals surface area contributed by atoms with Gasteiger partial charge in [0, 0.05) is 28.2 Å². The Balaban J connectivity index is 1.28. The smallest absolute Gasteiger partial charge is 0.326 e. The van der Waals surface area contributed by atoms with Gasteiger partial charge in [-0.15, -0.1) is 0 Å². The maximum Gasteiger partial charge on any atom is 0.326 e. The molecule has 0 bridgehead atoms. The quantitative estimate of drug-likeness (QED) is 0.179. The van der Waals surface area contributed by atoms with Gasteiger partial charge in [0.1, 0.15) is 12.4 Å². The van der Waals surface area contributed by atoms with Gasteiger partial charge in [-0.1, -0.05) is 77.8 Å². The Labute approximate surface area is 273 Å². The van der Waals surface area contributed by atoms with Crippen molar-refractivity contribution in [3.8, 4) is 22.4 Å². The number of amides is 1. The summed E-state index contributed by atoms with van der Waals surface area (Å²) in [5, 5.41) is 1.03. The fourth-order valence-corrected chi connectivity index (χ4v) is 7.02. The highest BCUT2D eigenvalue weighted by molar-refractivity contribution is 8.21. The molecule has 6 rings (SSSR count). The number of hydrogen-bond acceptors (Lipinski definition) is 5. The predicted octanol–water partition coefficient (Wildman–Crippen LogP) is 8.17. The minimum Gasteiger partial charge on any atom is -0.326 e. The van der Waals surface area contributed by atoms with Crippen LogP contribution >= 0.6 is 44.9 Å². The van der Waals surface area contributed by atoms with Gasteiger partial charge in [0.2, 0.25) is 0 Å². The Hall–Kier alpha value is -3.73. The molecule has 1 amide bonds. The van der Waals surface area contributed by atoms with Crippen molar-refractivity contribution < 1.29 is 13.2 Å². The number of rotatable bonds is 8. The first-order valence-electron chi connectivity index (χ1n) is 13.3. The molecule has 1 aliphatic heterocycles. The van der Waals surface area contributed by atoms with Crippen LogP contribution in [-0.4, -0.2) is 30.4 Å². The number of aromatic nitrogens is 2. The second-order valence-corrected chi connectivity index (χ2v) is 13.5. The molecule has 0 saturated carbocycles. The standard InChI is InChI=1S/C32H23Cl3N4O3S2/c33-25-10-15-28(29(34)17-25)30-19-38(18-22-3-11-26(12-4-22)39-20-32(40)37-44(39,41)42)31(36-30)16-5-21-1-6-23(7-2-21)24-8-13-27(43-35)14-9-24/h1-17,19H,18,20H2,(H,37,40)/b16-5+. The average molecular weight is 682 g/mol. The molecule has 0 spiro atoms. The summed E-state index contributed by atoms with van der Waals surface area (Å²) >= 11 is 12.6. The highest BCUT2D eigenvalue weighted by atomic mass is 35.7. The molecule has 0 unspecified atom stereocenters. The first kappa shape index (κ1) is 30.3. The summed E-state index contributed by atoms with van der Waals surface area (Å²) in [7, 11) is 3.16. The molecule has 12 heteroatoms. The van der Waals surface area contributed by atoms with Crippen molar-refractivity contribution in [3.63, 3.8) is 0 Å². The lowest BCUT2D eigenvalue weighted by Crippen LogP contribution is -2.29. The van der Waals surface area contributed by atoms with Crippen molar-refractivity contribution in [2.24, 2.45) is 0 Å². The maximum absolute atomic E-state index is 12.2. The van der Waals surface area contributed by atoms with Gasteiger partial charge in [-0.2, -0.15) is 8.42 Å². The van der Waals surface area contributed by atoms with E-state index in [2.05, 4.69) is 12.1 Å². The molecule has 1 saturated heterocycles. The molecule has 1 fully saturated rings. The average Bonchev–Trinajstić information content (AvgIpc) is 3.54. The van der Waals surface area contributed by atoms with E-state index < -0.39 is 16.1 Å². The fraction of sp³-hybridized carbons (Fsp3) is 0.0625. The number of halogens is 3. The van der Waals surface area contributed by atoms with Crippen LogP contribution in [0.2, 0.25) is 10.0 Å². The Morgan fingerprint density at radius 2 is 1.57 bits per heavy atom. The summed E-state index contributed by atoms with van der Waals surface area (Å²) in [6.07, 6.45) is 5.85. The van der Waals surface area contributed by atoms with Gasteiger partial charge in [-0.05, 0) is 92.5 Å². The molecular weight excluding hydrogens is 659 g/mol. The lowest BCUT2D eigenvalue weighted by Gasteiger charge is -2.15. The van der Waals surface area contributed by atoms with E-state index in [1.165, 1.54) is 11.0 Å². The summed E-state index contributed by atoms with van der Waals surface area (Å²) < 4.78 is 29.5. The van der Waals surface area contributed by atoms with Crippen LogP contribution in [0, 0.1) is 0 Å².